The van der Waals surface area contributed by atoms with Gasteiger partial charge in [0.05, 0.1) is 30.1 Å². The Bertz CT molecular complexity index is 486. The summed E-state index contributed by atoms with van der Waals surface area (Å²) in [5, 5.41) is 13.6. The van der Waals surface area contributed by atoms with Crippen molar-refractivity contribution in [3.05, 3.63) is 34.7 Å². The van der Waals surface area contributed by atoms with E-state index in [1.807, 2.05) is 5.38 Å². The first-order valence-electron chi connectivity index (χ1n) is 4.42. The Morgan fingerprint density at radius 3 is 3.06 bits per heavy atom. The minimum absolute atomic E-state index is 0.0803. The third-order valence-corrected chi connectivity index (χ3v) is 2.42. The zero-order chi connectivity index (χ0) is 11.4. The molecular formula is C9H8N4O2S. The molecule has 2 aromatic rings. The van der Waals surface area contributed by atoms with E-state index in [1.54, 1.807) is 5.51 Å². The van der Waals surface area contributed by atoms with Gasteiger partial charge in [-0.1, -0.05) is 0 Å². The van der Waals surface area contributed by atoms with Crippen LogP contribution in [0.2, 0.25) is 0 Å². The van der Waals surface area contributed by atoms with Crippen LogP contribution in [-0.4, -0.2) is 26.0 Å². The van der Waals surface area contributed by atoms with Crippen LogP contribution in [0.5, 0.6) is 0 Å². The number of carboxylic acid groups (broad SMARTS) is 1. The van der Waals surface area contributed by atoms with Gasteiger partial charge in [0.2, 0.25) is 0 Å². The van der Waals surface area contributed by atoms with Crippen LogP contribution < -0.4 is 5.32 Å². The first kappa shape index (κ1) is 10.5. The van der Waals surface area contributed by atoms with Crippen molar-refractivity contribution in [1.82, 2.24) is 15.0 Å². The van der Waals surface area contributed by atoms with Gasteiger partial charge in [-0.2, -0.15) is 0 Å². The number of rotatable bonds is 4. The summed E-state index contributed by atoms with van der Waals surface area (Å²) in [7, 11) is 0. The van der Waals surface area contributed by atoms with Gasteiger partial charge in [0.1, 0.15) is 5.82 Å². The fraction of sp³-hybridized carbons (Fsp3) is 0.111. The van der Waals surface area contributed by atoms with E-state index in [2.05, 4.69) is 20.3 Å². The van der Waals surface area contributed by atoms with E-state index in [9.17, 15) is 4.79 Å². The van der Waals surface area contributed by atoms with Gasteiger partial charge in [0.15, 0.2) is 5.69 Å². The van der Waals surface area contributed by atoms with Crippen molar-refractivity contribution in [2.75, 3.05) is 5.32 Å². The summed E-state index contributed by atoms with van der Waals surface area (Å²) in [5.74, 6) is -0.669. The molecule has 2 aromatic heterocycles. The second-order valence-corrected chi connectivity index (χ2v) is 3.65. The van der Waals surface area contributed by atoms with Crippen LogP contribution in [-0.2, 0) is 6.54 Å². The molecule has 0 fully saturated rings. The van der Waals surface area contributed by atoms with Gasteiger partial charge in [-0.25, -0.2) is 14.8 Å². The molecule has 0 spiro atoms. The van der Waals surface area contributed by atoms with Crippen LogP contribution in [0.25, 0.3) is 0 Å². The van der Waals surface area contributed by atoms with Crippen molar-refractivity contribution in [1.29, 1.82) is 0 Å². The van der Waals surface area contributed by atoms with E-state index in [4.69, 9.17) is 5.11 Å². The number of hydrogen-bond donors (Lipinski definition) is 2. The number of aromatic carboxylic acids is 1. The minimum Gasteiger partial charge on any atom is -0.476 e. The first-order valence-corrected chi connectivity index (χ1v) is 5.36. The van der Waals surface area contributed by atoms with Gasteiger partial charge in [-0.05, 0) is 0 Å². The van der Waals surface area contributed by atoms with E-state index in [0.717, 1.165) is 5.69 Å². The lowest BCUT2D eigenvalue weighted by Crippen LogP contribution is -2.06. The lowest BCUT2D eigenvalue weighted by atomic mass is 10.4. The number of nitrogens with zero attached hydrogens (tertiary/aromatic N) is 3. The molecule has 0 aromatic carbocycles. The monoisotopic (exact) mass is 236 g/mol. The summed E-state index contributed by atoms with van der Waals surface area (Å²) in [6.07, 6.45) is 2.68. The molecule has 2 heterocycles. The summed E-state index contributed by atoms with van der Waals surface area (Å²) in [5.41, 5.74) is 2.53. The maximum Gasteiger partial charge on any atom is 0.356 e. The average Bonchev–Trinajstić information content (AvgIpc) is 2.79. The number of nitrogens with one attached hydrogen (secondary N) is 1. The number of aromatic nitrogens is 3. The number of thiazole rings is 1. The van der Waals surface area contributed by atoms with Gasteiger partial charge < -0.3 is 10.4 Å². The number of carboxylic acids is 1. The Morgan fingerprint density at radius 1 is 1.50 bits per heavy atom. The maximum atomic E-state index is 10.6. The molecule has 82 valence electrons. The predicted molar refractivity (Wildman–Crippen MR) is 58.4 cm³/mol. The highest BCUT2D eigenvalue weighted by molar-refractivity contribution is 7.07. The van der Waals surface area contributed by atoms with Crippen LogP contribution in [0.3, 0.4) is 0 Å². The predicted octanol–water partition coefficient (Wildman–Crippen LogP) is 1.24. The topological polar surface area (TPSA) is 88.0 Å². The Hall–Kier alpha value is -2.02. The minimum atomic E-state index is -1.09. The Labute approximate surface area is 95.0 Å². The molecule has 0 aliphatic carbocycles. The van der Waals surface area contributed by atoms with Crippen LogP contribution in [0.4, 0.5) is 5.82 Å². The van der Waals surface area contributed by atoms with Crippen molar-refractivity contribution in [3.8, 4) is 0 Å². The van der Waals surface area contributed by atoms with E-state index in [-0.39, 0.29) is 5.69 Å². The second-order valence-electron chi connectivity index (χ2n) is 2.93. The fourth-order valence-corrected chi connectivity index (χ4v) is 1.62. The molecule has 6 nitrogen and oxygen atoms in total. The van der Waals surface area contributed by atoms with E-state index in [1.165, 1.54) is 23.7 Å². The number of carbonyl (C=O) groups is 1. The SMILES string of the molecule is O=C(O)c1cncc(NCc2cscn2)n1. The molecule has 0 amide bonds. The molecule has 0 saturated heterocycles. The van der Waals surface area contributed by atoms with Gasteiger partial charge >= 0.3 is 5.97 Å². The van der Waals surface area contributed by atoms with E-state index in [0.29, 0.717) is 12.4 Å². The van der Waals surface area contributed by atoms with Crippen molar-refractivity contribution in [2.24, 2.45) is 0 Å². The van der Waals surface area contributed by atoms with Gasteiger partial charge in [-0.15, -0.1) is 11.3 Å². The number of anilines is 1. The zero-order valence-electron chi connectivity index (χ0n) is 8.12. The molecule has 2 rings (SSSR count). The smallest absolute Gasteiger partial charge is 0.356 e. The quantitative estimate of drug-likeness (QED) is 0.830. The molecule has 0 bridgehead atoms. The van der Waals surface area contributed by atoms with Crippen LogP contribution in [0, 0.1) is 0 Å². The molecule has 0 radical (unpaired) electrons. The highest BCUT2D eigenvalue weighted by Crippen LogP contribution is 2.06. The Kier molecular flexibility index (Phi) is 3.06. The van der Waals surface area contributed by atoms with Crippen molar-refractivity contribution in [2.45, 2.75) is 6.54 Å². The lowest BCUT2D eigenvalue weighted by Gasteiger charge is -2.03. The maximum absolute atomic E-state index is 10.6. The zero-order valence-corrected chi connectivity index (χ0v) is 8.94. The Balaban J connectivity index is 2.04. The second kappa shape index (κ2) is 4.67. The van der Waals surface area contributed by atoms with E-state index < -0.39 is 5.97 Å². The van der Waals surface area contributed by atoms with Crippen molar-refractivity contribution in [3.63, 3.8) is 0 Å². The third kappa shape index (κ3) is 2.51. The molecular weight excluding hydrogens is 228 g/mol. The van der Waals surface area contributed by atoms with Crippen LogP contribution >= 0.6 is 11.3 Å². The third-order valence-electron chi connectivity index (χ3n) is 1.79. The summed E-state index contributed by atoms with van der Waals surface area (Å²) in [6.45, 7) is 0.501. The van der Waals surface area contributed by atoms with Crippen molar-refractivity contribution < 1.29 is 9.90 Å². The lowest BCUT2D eigenvalue weighted by molar-refractivity contribution is 0.0690. The normalized spacial score (nSPS) is 10.0. The molecule has 16 heavy (non-hydrogen) atoms. The number of hydrogen-bond acceptors (Lipinski definition) is 6. The largest absolute Gasteiger partial charge is 0.476 e. The molecule has 0 atom stereocenters. The van der Waals surface area contributed by atoms with Crippen molar-refractivity contribution >= 4 is 23.1 Å². The summed E-state index contributed by atoms with van der Waals surface area (Å²) in [4.78, 5) is 22.4. The molecule has 0 aliphatic heterocycles. The van der Waals surface area contributed by atoms with E-state index >= 15 is 0 Å². The summed E-state index contributed by atoms with van der Waals surface area (Å²) < 4.78 is 0. The van der Waals surface area contributed by atoms with Crippen LogP contribution in [0.15, 0.2) is 23.3 Å². The Morgan fingerprint density at radius 2 is 2.38 bits per heavy atom. The molecule has 0 aliphatic rings. The van der Waals surface area contributed by atoms with Gasteiger partial charge in [0, 0.05) is 5.38 Å². The summed E-state index contributed by atoms with van der Waals surface area (Å²) in [6, 6.07) is 0. The molecule has 0 unspecified atom stereocenters. The van der Waals surface area contributed by atoms with Crippen LogP contribution in [0.1, 0.15) is 16.2 Å². The molecule has 7 heteroatoms. The standard InChI is InChI=1S/C9H8N4O2S/c14-9(15)7-2-10-3-8(13-7)11-1-6-4-16-5-12-6/h2-5H,1H2,(H,11,13)(H,14,15). The highest BCUT2D eigenvalue weighted by Gasteiger charge is 2.05. The van der Waals surface area contributed by atoms with Gasteiger partial charge in [-0.3, -0.25) is 4.98 Å². The molecule has 0 saturated carbocycles. The highest BCUT2D eigenvalue weighted by atomic mass is 32.1. The summed E-state index contributed by atoms with van der Waals surface area (Å²) >= 11 is 1.50. The average molecular weight is 236 g/mol. The first-order chi connectivity index (χ1) is 7.75. The fourth-order valence-electron chi connectivity index (χ4n) is 1.06. The van der Waals surface area contributed by atoms with Gasteiger partial charge in [0.25, 0.3) is 0 Å². The molecule has 2 N–H and O–H groups in total.